The van der Waals surface area contributed by atoms with Crippen LogP contribution in [0.4, 0.5) is 11.4 Å². The minimum atomic E-state index is -0.468. The number of rotatable bonds is 7. The molecule has 7 heteroatoms. The predicted molar refractivity (Wildman–Crippen MR) is 115 cm³/mol. The molecule has 1 aliphatic rings. The fraction of sp³-hybridized carbons (Fsp3) is 0.318. The molecule has 0 aromatic heterocycles. The van der Waals surface area contributed by atoms with Crippen molar-refractivity contribution in [2.45, 2.75) is 13.0 Å². The van der Waals surface area contributed by atoms with Crippen LogP contribution in [0.15, 0.2) is 60.7 Å². The molecule has 0 unspecified atom stereocenters. The fourth-order valence-corrected chi connectivity index (χ4v) is 3.34. The Labute approximate surface area is 170 Å². The molecule has 1 atom stereocenters. The van der Waals surface area contributed by atoms with Gasteiger partial charge in [-0.1, -0.05) is 48.6 Å². The van der Waals surface area contributed by atoms with Crippen molar-refractivity contribution in [2.24, 2.45) is 0 Å². The molecule has 1 saturated heterocycles. The van der Waals surface area contributed by atoms with Gasteiger partial charge in [-0.3, -0.25) is 24.7 Å². The fourth-order valence-electron chi connectivity index (χ4n) is 3.34. The number of nitro groups is 1. The molecule has 29 heavy (non-hydrogen) atoms. The molecule has 3 rings (SSSR count). The minimum absolute atomic E-state index is 0.0346. The van der Waals surface area contributed by atoms with Gasteiger partial charge in [-0.05, 0) is 18.6 Å². The number of carbonyl (C=O) groups excluding carboxylic acids is 1. The highest BCUT2D eigenvalue weighted by Gasteiger charge is 2.25. The highest BCUT2D eigenvalue weighted by Crippen LogP contribution is 2.18. The van der Waals surface area contributed by atoms with E-state index in [1.54, 1.807) is 12.1 Å². The van der Waals surface area contributed by atoms with Crippen molar-refractivity contribution in [3.8, 4) is 0 Å². The molecule has 1 aliphatic heterocycles. The summed E-state index contributed by atoms with van der Waals surface area (Å²) in [7, 11) is 0. The number of carbonyl (C=O) groups is 1. The number of hydrogen-bond donors (Lipinski definition) is 1. The zero-order valence-electron chi connectivity index (χ0n) is 16.5. The van der Waals surface area contributed by atoms with Gasteiger partial charge in [0.15, 0.2) is 0 Å². The van der Waals surface area contributed by atoms with Gasteiger partial charge in [0.1, 0.15) is 0 Å². The Hall–Kier alpha value is -3.03. The molecule has 1 amide bonds. The Morgan fingerprint density at radius 1 is 1.14 bits per heavy atom. The monoisotopic (exact) mass is 394 g/mol. The number of nitrogens with zero attached hydrogens (tertiary/aromatic N) is 3. The second kappa shape index (κ2) is 9.95. The average molecular weight is 394 g/mol. The van der Waals surface area contributed by atoms with E-state index in [4.69, 9.17) is 0 Å². The SMILES string of the molecule is C[C@H](C(=O)Nc1cccc([N+](=O)[O-])c1)N1CCN(C/C=C/c2ccccc2)CC1. The molecule has 0 bridgehead atoms. The van der Waals surface area contributed by atoms with Crippen molar-refractivity contribution < 1.29 is 9.72 Å². The Kier molecular flexibility index (Phi) is 7.10. The lowest BCUT2D eigenvalue weighted by Crippen LogP contribution is -2.52. The maximum Gasteiger partial charge on any atom is 0.271 e. The zero-order chi connectivity index (χ0) is 20.6. The van der Waals surface area contributed by atoms with Crippen LogP contribution in [-0.2, 0) is 4.79 Å². The van der Waals surface area contributed by atoms with Crippen LogP contribution < -0.4 is 5.32 Å². The molecular weight excluding hydrogens is 368 g/mol. The number of anilines is 1. The maximum absolute atomic E-state index is 12.6. The van der Waals surface area contributed by atoms with Crippen LogP contribution in [0.3, 0.4) is 0 Å². The molecule has 7 nitrogen and oxygen atoms in total. The summed E-state index contributed by atoms with van der Waals surface area (Å²) in [4.78, 5) is 27.5. The van der Waals surface area contributed by atoms with Crippen molar-refractivity contribution in [3.63, 3.8) is 0 Å². The summed E-state index contributed by atoms with van der Waals surface area (Å²) in [5, 5.41) is 13.7. The number of amides is 1. The van der Waals surface area contributed by atoms with E-state index in [9.17, 15) is 14.9 Å². The second-order valence-corrected chi connectivity index (χ2v) is 7.12. The number of nitrogens with one attached hydrogen (secondary N) is 1. The molecule has 2 aromatic rings. The van der Waals surface area contributed by atoms with E-state index in [0.29, 0.717) is 5.69 Å². The first-order valence-corrected chi connectivity index (χ1v) is 9.76. The molecule has 1 N–H and O–H groups in total. The highest BCUT2D eigenvalue weighted by molar-refractivity contribution is 5.94. The molecule has 0 spiro atoms. The van der Waals surface area contributed by atoms with E-state index in [1.807, 2.05) is 25.1 Å². The molecule has 1 fully saturated rings. The minimum Gasteiger partial charge on any atom is -0.324 e. The first-order valence-electron chi connectivity index (χ1n) is 9.76. The molecule has 1 heterocycles. The molecule has 2 aromatic carbocycles. The van der Waals surface area contributed by atoms with Crippen LogP contribution in [0.5, 0.6) is 0 Å². The second-order valence-electron chi connectivity index (χ2n) is 7.12. The Bertz CT molecular complexity index is 861. The van der Waals surface area contributed by atoms with E-state index >= 15 is 0 Å². The Morgan fingerprint density at radius 3 is 2.55 bits per heavy atom. The summed E-state index contributed by atoms with van der Waals surface area (Å²) in [5.74, 6) is -0.150. The predicted octanol–water partition coefficient (Wildman–Crippen LogP) is 3.25. The van der Waals surface area contributed by atoms with E-state index in [-0.39, 0.29) is 17.6 Å². The molecule has 152 valence electrons. The van der Waals surface area contributed by atoms with Crippen molar-refractivity contribution >= 4 is 23.4 Å². The van der Waals surface area contributed by atoms with Gasteiger partial charge >= 0.3 is 0 Å². The zero-order valence-corrected chi connectivity index (χ0v) is 16.5. The summed E-state index contributed by atoms with van der Waals surface area (Å²) < 4.78 is 0. The average Bonchev–Trinajstić information content (AvgIpc) is 2.74. The van der Waals surface area contributed by atoms with Crippen molar-refractivity contribution in [3.05, 3.63) is 76.4 Å². The molecule has 0 aliphatic carbocycles. The summed E-state index contributed by atoms with van der Waals surface area (Å²) in [6.07, 6.45) is 4.30. The maximum atomic E-state index is 12.6. The van der Waals surface area contributed by atoms with E-state index < -0.39 is 4.92 Å². The lowest BCUT2D eigenvalue weighted by molar-refractivity contribution is -0.384. The van der Waals surface area contributed by atoms with Gasteiger partial charge in [0, 0.05) is 50.5 Å². The van der Waals surface area contributed by atoms with Crippen LogP contribution in [0.25, 0.3) is 6.08 Å². The lowest BCUT2D eigenvalue weighted by Gasteiger charge is -2.37. The third-order valence-corrected chi connectivity index (χ3v) is 5.13. The van der Waals surface area contributed by atoms with Crippen LogP contribution >= 0.6 is 0 Å². The largest absolute Gasteiger partial charge is 0.324 e. The number of benzene rings is 2. The quantitative estimate of drug-likeness (QED) is 0.576. The summed E-state index contributed by atoms with van der Waals surface area (Å²) in [6, 6.07) is 15.9. The summed E-state index contributed by atoms with van der Waals surface area (Å²) in [5.41, 5.74) is 1.60. The van der Waals surface area contributed by atoms with E-state index in [2.05, 4.69) is 39.4 Å². The van der Waals surface area contributed by atoms with Crippen LogP contribution in [-0.4, -0.2) is 59.4 Å². The molecule has 0 saturated carbocycles. The van der Waals surface area contributed by atoms with Gasteiger partial charge < -0.3 is 5.32 Å². The smallest absolute Gasteiger partial charge is 0.271 e. The van der Waals surface area contributed by atoms with Gasteiger partial charge in [-0.15, -0.1) is 0 Å². The summed E-state index contributed by atoms with van der Waals surface area (Å²) >= 11 is 0. The van der Waals surface area contributed by atoms with Crippen molar-refractivity contribution in [2.75, 3.05) is 38.0 Å². The number of hydrogen-bond acceptors (Lipinski definition) is 5. The Balaban J connectivity index is 1.46. The highest BCUT2D eigenvalue weighted by atomic mass is 16.6. The van der Waals surface area contributed by atoms with E-state index in [0.717, 1.165) is 32.7 Å². The third-order valence-electron chi connectivity index (χ3n) is 5.13. The number of piperazine rings is 1. The van der Waals surface area contributed by atoms with Gasteiger partial charge in [0.2, 0.25) is 5.91 Å². The van der Waals surface area contributed by atoms with Gasteiger partial charge in [0.05, 0.1) is 11.0 Å². The van der Waals surface area contributed by atoms with Gasteiger partial charge in [0.25, 0.3) is 5.69 Å². The lowest BCUT2D eigenvalue weighted by atomic mass is 10.2. The van der Waals surface area contributed by atoms with Crippen molar-refractivity contribution in [1.29, 1.82) is 0 Å². The van der Waals surface area contributed by atoms with E-state index in [1.165, 1.54) is 17.7 Å². The number of non-ortho nitro benzene ring substituents is 1. The normalized spacial score (nSPS) is 16.6. The Morgan fingerprint density at radius 2 is 1.86 bits per heavy atom. The topological polar surface area (TPSA) is 78.7 Å². The van der Waals surface area contributed by atoms with Crippen LogP contribution in [0, 0.1) is 10.1 Å². The standard InChI is InChI=1S/C22H26N4O3/c1-18(22(27)23-20-10-5-11-21(17-20)26(28)29)25-15-13-24(14-16-25)12-6-9-19-7-3-2-4-8-19/h2-11,17-18H,12-16H2,1H3,(H,23,27)/b9-6+/t18-/m1/s1. The van der Waals surface area contributed by atoms with Crippen molar-refractivity contribution in [1.82, 2.24) is 9.80 Å². The van der Waals surface area contributed by atoms with Gasteiger partial charge in [-0.2, -0.15) is 0 Å². The van der Waals surface area contributed by atoms with Crippen LogP contribution in [0.2, 0.25) is 0 Å². The summed E-state index contributed by atoms with van der Waals surface area (Å²) in [6.45, 7) is 6.17. The molecular formula is C22H26N4O3. The van der Waals surface area contributed by atoms with Crippen LogP contribution in [0.1, 0.15) is 12.5 Å². The third kappa shape index (κ3) is 5.97. The first-order chi connectivity index (χ1) is 14.0. The first kappa shape index (κ1) is 20.7. The molecule has 0 radical (unpaired) electrons. The number of nitro benzene ring substituents is 1. The van der Waals surface area contributed by atoms with Gasteiger partial charge in [-0.25, -0.2) is 0 Å².